The van der Waals surface area contributed by atoms with E-state index in [9.17, 15) is 4.79 Å². The number of ether oxygens (including phenoxy) is 1. The molecule has 0 aromatic heterocycles. The summed E-state index contributed by atoms with van der Waals surface area (Å²) in [5, 5.41) is 3.99. The summed E-state index contributed by atoms with van der Waals surface area (Å²) in [5.74, 6) is 0.458. The molecule has 0 heterocycles. The summed E-state index contributed by atoms with van der Waals surface area (Å²) in [4.78, 5) is 12.0. The average Bonchev–Trinajstić information content (AvgIpc) is 2.51. The second-order valence-corrected chi connectivity index (χ2v) is 6.99. The number of carbonyl (C=O) groups is 1. The summed E-state index contributed by atoms with van der Waals surface area (Å²) >= 11 is 10.2. The van der Waals surface area contributed by atoms with Gasteiger partial charge in [0.25, 0.3) is 5.91 Å². The first-order valence-corrected chi connectivity index (χ1v) is 9.10. The van der Waals surface area contributed by atoms with E-state index in [1.807, 2.05) is 25.1 Å². The Morgan fingerprint density at radius 1 is 1.17 bits per heavy atom. The number of hydrogen-bond donors (Lipinski definition) is 1. The minimum Gasteiger partial charge on any atom is -0.492 e. The number of carbonyl (C=O) groups excluding carboxylic acids is 1. The van der Waals surface area contributed by atoms with Crippen LogP contribution in [0, 0.1) is 0 Å². The Morgan fingerprint density at radius 3 is 2.43 bits per heavy atom. The highest BCUT2D eigenvalue weighted by Gasteiger charge is 2.09. The molecule has 0 unspecified atom stereocenters. The molecule has 120 valence electrons. The van der Waals surface area contributed by atoms with Crippen LogP contribution in [0.5, 0.6) is 5.75 Å². The number of nitrogens with one attached hydrogen (secondary N) is 1. The topological polar surface area (TPSA) is 50.7 Å². The molecule has 0 aliphatic heterocycles. The molecule has 2 aromatic rings. The molecule has 0 aliphatic carbocycles. The summed E-state index contributed by atoms with van der Waals surface area (Å²) in [7, 11) is 0. The fourth-order valence-corrected chi connectivity index (χ4v) is 3.72. The maximum atomic E-state index is 12.0. The molecule has 7 heteroatoms. The fraction of sp³-hybridized carbons (Fsp3) is 0.125. The van der Waals surface area contributed by atoms with Crippen molar-refractivity contribution < 1.29 is 9.53 Å². The molecule has 0 atom stereocenters. The molecule has 0 saturated carbocycles. The minimum atomic E-state index is -0.280. The predicted molar refractivity (Wildman–Crippen MR) is 102 cm³/mol. The monoisotopic (exact) mass is 502 g/mol. The van der Waals surface area contributed by atoms with Crippen molar-refractivity contribution in [3.8, 4) is 5.75 Å². The van der Waals surface area contributed by atoms with Crippen molar-refractivity contribution in [1.82, 2.24) is 5.43 Å². The first kappa shape index (κ1) is 18.2. The Bertz CT molecular complexity index is 725. The van der Waals surface area contributed by atoms with Crippen LogP contribution in [0.2, 0.25) is 0 Å². The maximum absolute atomic E-state index is 12.0. The summed E-state index contributed by atoms with van der Waals surface area (Å²) < 4.78 is 7.87. The van der Waals surface area contributed by atoms with E-state index < -0.39 is 0 Å². The third-order valence-corrected chi connectivity index (χ3v) is 4.68. The predicted octanol–water partition coefficient (Wildman–Crippen LogP) is 5.14. The number of nitrogens with zero attached hydrogens (tertiary/aromatic N) is 1. The van der Waals surface area contributed by atoms with Gasteiger partial charge in [-0.15, -0.1) is 0 Å². The number of amides is 1. The lowest BCUT2D eigenvalue weighted by Gasteiger charge is -2.09. The second-order valence-electron chi connectivity index (χ2n) is 4.43. The van der Waals surface area contributed by atoms with Crippen LogP contribution >= 0.6 is 47.8 Å². The highest BCUT2D eigenvalue weighted by molar-refractivity contribution is 9.11. The van der Waals surface area contributed by atoms with Crippen LogP contribution in [0.1, 0.15) is 22.8 Å². The third-order valence-electron chi connectivity index (χ3n) is 2.81. The van der Waals surface area contributed by atoms with Crippen molar-refractivity contribution >= 4 is 59.9 Å². The second kappa shape index (κ2) is 8.61. The van der Waals surface area contributed by atoms with Gasteiger partial charge in [0.05, 0.1) is 27.3 Å². The lowest BCUT2D eigenvalue weighted by Crippen LogP contribution is -2.18. The van der Waals surface area contributed by atoms with E-state index in [0.717, 1.165) is 24.7 Å². The Morgan fingerprint density at radius 2 is 1.83 bits per heavy atom. The zero-order chi connectivity index (χ0) is 16.8. The van der Waals surface area contributed by atoms with E-state index in [-0.39, 0.29) is 5.91 Å². The van der Waals surface area contributed by atoms with Gasteiger partial charge in [-0.05, 0) is 84.5 Å². The van der Waals surface area contributed by atoms with E-state index in [1.165, 1.54) is 0 Å². The lowest BCUT2D eigenvalue weighted by atomic mass is 10.2. The molecule has 1 N–H and O–H groups in total. The van der Waals surface area contributed by atoms with Crippen LogP contribution in [0.4, 0.5) is 0 Å². The summed E-state index contributed by atoms with van der Waals surface area (Å²) in [6, 6.07) is 10.9. The van der Waals surface area contributed by atoms with Crippen LogP contribution in [0.3, 0.4) is 0 Å². The van der Waals surface area contributed by atoms with Crippen molar-refractivity contribution in [2.75, 3.05) is 6.61 Å². The van der Waals surface area contributed by atoms with Crippen LogP contribution in [-0.2, 0) is 0 Å². The molecule has 1 amide bonds. The molecule has 0 fully saturated rings. The van der Waals surface area contributed by atoms with E-state index in [4.69, 9.17) is 4.74 Å². The molecule has 0 aliphatic rings. The molecule has 0 saturated heterocycles. The first-order chi connectivity index (χ1) is 11.0. The SMILES string of the molecule is CCOc1c(Br)cc(/C=N\NC(=O)c2ccccc2Br)cc1Br. The summed E-state index contributed by atoms with van der Waals surface area (Å²) in [5.41, 5.74) is 3.85. The zero-order valence-electron chi connectivity index (χ0n) is 12.1. The molecular formula is C16H13Br3N2O2. The molecule has 0 bridgehead atoms. The Hall–Kier alpha value is -1.18. The first-order valence-electron chi connectivity index (χ1n) is 6.72. The molecule has 2 rings (SSSR count). The van der Waals surface area contributed by atoms with Gasteiger partial charge in [-0.3, -0.25) is 4.79 Å². The van der Waals surface area contributed by atoms with Gasteiger partial charge in [-0.2, -0.15) is 5.10 Å². The van der Waals surface area contributed by atoms with Crippen molar-refractivity contribution in [1.29, 1.82) is 0 Å². The van der Waals surface area contributed by atoms with E-state index in [1.54, 1.807) is 24.4 Å². The standard InChI is InChI=1S/C16H13Br3N2O2/c1-2-23-15-13(18)7-10(8-14(15)19)9-20-21-16(22)11-5-3-4-6-12(11)17/h3-9H,2H2,1H3,(H,21,22)/b20-9-. The fourth-order valence-electron chi connectivity index (χ4n) is 1.81. The quantitative estimate of drug-likeness (QED) is 0.453. The van der Waals surface area contributed by atoms with Crippen molar-refractivity contribution in [2.45, 2.75) is 6.92 Å². The highest BCUT2D eigenvalue weighted by Crippen LogP contribution is 2.34. The molecule has 2 aromatic carbocycles. The zero-order valence-corrected chi connectivity index (χ0v) is 16.9. The Kier molecular flexibility index (Phi) is 6.80. The Balaban J connectivity index is 2.09. The highest BCUT2D eigenvalue weighted by atomic mass is 79.9. The molecule has 0 spiro atoms. The summed E-state index contributed by atoms with van der Waals surface area (Å²) in [6.45, 7) is 2.50. The number of hydrazone groups is 1. The van der Waals surface area contributed by atoms with Gasteiger partial charge < -0.3 is 4.74 Å². The van der Waals surface area contributed by atoms with Gasteiger partial charge in [-0.1, -0.05) is 12.1 Å². The largest absolute Gasteiger partial charge is 0.492 e. The van der Waals surface area contributed by atoms with E-state index in [0.29, 0.717) is 12.2 Å². The van der Waals surface area contributed by atoms with Gasteiger partial charge in [-0.25, -0.2) is 5.43 Å². The van der Waals surface area contributed by atoms with Gasteiger partial charge in [0.15, 0.2) is 0 Å². The van der Waals surface area contributed by atoms with E-state index in [2.05, 4.69) is 58.3 Å². The number of halogens is 3. The lowest BCUT2D eigenvalue weighted by molar-refractivity contribution is 0.0954. The number of rotatable bonds is 5. The normalized spacial score (nSPS) is 10.8. The summed E-state index contributed by atoms with van der Waals surface area (Å²) in [6.07, 6.45) is 1.57. The Labute approximate surface area is 159 Å². The van der Waals surface area contributed by atoms with Crippen LogP contribution in [0.15, 0.2) is 54.9 Å². The van der Waals surface area contributed by atoms with Gasteiger partial charge in [0.2, 0.25) is 0 Å². The minimum absolute atomic E-state index is 0.280. The smallest absolute Gasteiger partial charge is 0.272 e. The number of hydrogen-bond acceptors (Lipinski definition) is 3. The number of benzene rings is 2. The van der Waals surface area contributed by atoms with Crippen molar-refractivity contribution in [3.05, 3.63) is 60.9 Å². The van der Waals surface area contributed by atoms with E-state index >= 15 is 0 Å². The van der Waals surface area contributed by atoms with Gasteiger partial charge in [0, 0.05) is 4.47 Å². The maximum Gasteiger partial charge on any atom is 0.272 e. The van der Waals surface area contributed by atoms with Crippen LogP contribution in [-0.4, -0.2) is 18.7 Å². The van der Waals surface area contributed by atoms with Crippen molar-refractivity contribution in [3.63, 3.8) is 0 Å². The van der Waals surface area contributed by atoms with Crippen LogP contribution < -0.4 is 10.2 Å². The molecule has 23 heavy (non-hydrogen) atoms. The average molecular weight is 505 g/mol. The van der Waals surface area contributed by atoms with Gasteiger partial charge in [0.1, 0.15) is 5.75 Å². The van der Waals surface area contributed by atoms with Gasteiger partial charge >= 0.3 is 0 Å². The molecule has 0 radical (unpaired) electrons. The molecule has 4 nitrogen and oxygen atoms in total. The van der Waals surface area contributed by atoms with Crippen molar-refractivity contribution in [2.24, 2.45) is 5.10 Å². The van der Waals surface area contributed by atoms with Crippen LogP contribution in [0.25, 0.3) is 0 Å². The molecular weight excluding hydrogens is 492 g/mol. The third kappa shape index (κ3) is 4.89.